The number of rotatable bonds is 6. The van der Waals surface area contributed by atoms with Crippen LogP contribution < -0.4 is 10.6 Å². The summed E-state index contributed by atoms with van der Waals surface area (Å²) in [7, 11) is 0. The summed E-state index contributed by atoms with van der Waals surface area (Å²) in [6.07, 6.45) is 2.03. The smallest absolute Gasteiger partial charge is 0.229 e. The molecule has 0 spiro atoms. The minimum atomic E-state index is -0.302. The van der Waals surface area contributed by atoms with Gasteiger partial charge in [-0.2, -0.15) is 0 Å². The van der Waals surface area contributed by atoms with Crippen molar-refractivity contribution in [3.05, 3.63) is 46.7 Å². The van der Waals surface area contributed by atoms with Gasteiger partial charge in [-0.15, -0.1) is 11.3 Å². The van der Waals surface area contributed by atoms with Gasteiger partial charge in [0.1, 0.15) is 5.82 Å². The number of halogens is 1. The lowest BCUT2D eigenvalue weighted by molar-refractivity contribution is -0.120. The zero-order valence-corrected chi connectivity index (χ0v) is 13.2. The molecule has 1 saturated carbocycles. The molecule has 0 bridgehead atoms. The van der Waals surface area contributed by atoms with Crippen molar-refractivity contribution in [3.8, 4) is 0 Å². The largest absolute Gasteiger partial charge is 0.352 e. The van der Waals surface area contributed by atoms with Crippen molar-refractivity contribution in [3.63, 3.8) is 0 Å². The third-order valence-corrected chi connectivity index (χ3v) is 4.28. The summed E-state index contributed by atoms with van der Waals surface area (Å²) < 4.78 is 12.8. The summed E-state index contributed by atoms with van der Waals surface area (Å²) in [6.45, 7) is 0.342. The monoisotopic (exact) mass is 333 g/mol. The number of hydrogen-bond acceptors (Lipinski definition) is 4. The number of carbonyl (C=O) groups is 2. The van der Waals surface area contributed by atoms with E-state index in [1.54, 1.807) is 17.5 Å². The highest BCUT2D eigenvalue weighted by Gasteiger charge is 2.30. The highest BCUT2D eigenvalue weighted by molar-refractivity contribution is 7.13. The first-order valence-electron chi connectivity index (χ1n) is 7.36. The molecule has 0 unspecified atom stereocenters. The van der Waals surface area contributed by atoms with Crippen LogP contribution in [0.2, 0.25) is 0 Å². The van der Waals surface area contributed by atoms with E-state index in [0.29, 0.717) is 17.4 Å². The number of anilines is 1. The van der Waals surface area contributed by atoms with Crippen molar-refractivity contribution in [1.82, 2.24) is 10.3 Å². The Morgan fingerprint density at radius 2 is 2.00 bits per heavy atom. The maximum Gasteiger partial charge on any atom is 0.229 e. The van der Waals surface area contributed by atoms with Gasteiger partial charge in [-0.05, 0) is 30.5 Å². The van der Waals surface area contributed by atoms with Crippen molar-refractivity contribution >= 4 is 28.3 Å². The van der Waals surface area contributed by atoms with Crippen LogP contribution in [0, 0.1) is 11.7 Å². The number of hydrogen-bond donors (Lipinski definition) is 2. The fraction of sp³-hybridized carbons (Fsp3) is 0.312. The summed E-state index contributed by atoms with van der Waals surface area (Å²) in [4.78, 5) is 27.8. The lowest BCUT2D eigenvalue weighted by Gasteiger charge is -2.04. The Balaban J connectivity index is 1.46. The number of aromatic nitrogens is 1. The van der Waals surface area contributed by atoms with E-state index in [0.717, 1.165) is 18.4 Å². The molecule has 2 amide bonds. The highest BCUT2D eigenvalue weighted by Crippen LogP contribution is 2.30. The van der Waals surface area contributed by atoms with Gasteiger partial charge in [-0.3, -0.25) is 9.59 Å². The van der Waals surface area contributed by atoms with Crippen molar-refractivity contribution < 1.29 is 14.0 Å². The van der Waals surface area contributed by atoms with E-state index in [1.165, 1.54) is 23.5 Å². The fourth-order valence-electron chi connectivity index (χ4n) is 2.03. The number of nitrogens with one attached hydrogen (secondary N) is 2. The number of nitrogens with zero attached hydrogens (tertiary/aromatic N) is 1. The lowest BCUT2D eigenvalue weighted by Crippen LogP contribution is -2.24. The van der Waals surface area contributed by atoms with E-state index in [-0.39, 0.29) is 30.0 Å². The zero-order chi connectivity index (χ0) is 16.2. The lowest BCUT2D eigenvalue weighted by atomic mass is 10.2. The van der Waals surface area contributed by atoms with Gasteiger partial charge in [-0.1, -0.05) is 12.1 Å². The van der Waals surface area contributed by atoms with Gasteiger partial charge in [0.25, 0.3) is 0 Å². The number of benzene rings is 1. The summed E-state index contributed by atoms with van der Waals surface area (Å²) in [5.41, 5.74) is 1.45. The third-order valence-electron chi connectivity index (χ3n) is 3.47. The van der Waals surface area contributed by atoms with Crippen LogP contribution >= 0.6 is 11.3 Å². The molecule has 3 rings (SSSR count). The second kappa shape index (κ2) is 6.87. The first-order chi connectivity index (χ1) is 11.1. The Hall–Kier alpha value is -2.28. The minimum absolute atomic E-state index is 0.00617. The Kier molecular flexibility index (Phi) is 4.66. The second-order valence-corrected chi connectivity index (χ2v) is 6.35. The molecule has 1 aromatic heterocycles. The quantitative estimate of drug-likeness (QED) is 0.853. The predicted molar refractivity (Wildman–Crippen MR) is 85.4 cm³/mol. The number of carbonyl (C=O) groups excluding carboxylic acids is 2. The van der Waals surface area contributed by atoms with Crippen molar-refractivity contribution in [2.24, 2.45) is 5.92 Å². The van der Waals surface area contributed by atoms with E-state index < -0.39 is 0 Å². The van der Waals surface area contributed by atoms with Gasteiger partial charge in [0, 0.05) is 17.8 Å². The second-order valence-electron chi connectivity index (χ2n) is 5.49. The van der Waals surface area contributed by atoms with Crippen LogP contribution in [0.15, 0.2) is 29.6 Å². The zero-order valence-electron chi connectivity index (χ0n) is 12.3. The Morgan fingerprint density at radius 1 is 1.26 bits per heavy atom. The third kappa shape index (κ3) is 4.59. The average Bonchev–Trinajstić information content (AvgIpc) is 3.30. The van der Waals surface area contributed by atoms with Crippen molar-refractivity contribution in [1.29, 1.82) is 0 Å². The summed E-state index contributed by atoms with van der Waals surface area (Å²) in [5, 5.41) is 7.82. The summed E-state index contributed by atoms with van der Waals surface area (Å²) >= 11 is 1.32. The van der Waals surface area contributed by atoms with E-state index in [4.69, 9.17) is 0 Å². The van der Waals surface area contributed by atoms with Crippen LogP contribution in [0.25, 0.3) is 0 Å². The molecule has 1 aromatic carbocycles. The molecule has 23 heavy (non-hydrogen) atoms. The van der Waals surface area contributed by atoms with Gasteiger partial charge in [0.2, 0.25) is 11.8 Å². The molecular weight excluding hydrogens is 317 g/mol. The Morgan fingerprint density at radius 3 is 2.70 bits per heavy atom. The maximum absolute atomic E-state index is 12.8. The summed E-state index contributed by atoms with van der Waals surface area (Å²) in [6, 6.07) is 5.97. The van der Waals surface area contributed by atoms with Crippen molar-refractivity contribution in [2.45, 2.75) is 25.8 Å². The Labute approximate surface area is 136 Å². The first-order valence-corrected chi connectivity index (χ1v) is 8.24. The Bertz CT molecular complexity index is 710. The maximum atomic E-state index is 12.8. The molecule has 2 aromatic rings. The van der Waals surface area contributed by atoms with Crippen molar-refractivity contribution in [2.75, 3.05) is 5.32 Å². The number of thiazole rings is 1. The molecular formula is C16H16FN3O2S. The molecule has 1 heterocycles. The molecule has 1 aliphatic rings. The van der Waals surface area contributed by atoms with Crippen LogP contribution in [-0.4, -0.2) is 16.8 Å². The fourth-order valence-corrected chi connectivity index (χ4v) is 2.74. The van der Waals surface area contributed by atoms with Crippen LogP contribution in [0.1, 0.15) is 24.1 Å². The molecule has 0 atom stereocenters. The average molecular weight is 333 g/mol. The van der Waals surface area contributed by atoms with E-state index in [1.807, 2.05) is 0 Å². The van der Waals surface area contributed by atoms with E-state index in [9.17, 15) is 14.0 Å². The van der Waals surface area contributed by atoms with Crippen LogP contribution in [0.3, 0.4) is 0 Å². The standard InChI is InChI=1S/C16H16FN3O2S/c17-12-5-1-10(2-6-12)8-18-14(21)7-13-9-23-16(19-13)20-15(22)11-3-4-11/h1-2,5-6,9,11H,3-4,7-8H2,(H,18,21)(H,19,20,22). The summed E-state index contributed by atoms with van der Waals surface area (Å²) in [5.74, 6) is -0.337. The molecule has 1 aliphatic carbocycles. The minimum Gasteiger partial charge on any atom is -0.352 e. The van der Waals surface area contributed by atoms with Gasteiger partial charge in [0.15, 0.2) is 5.13 Å². The van der Waals surface area contributed by atoms with Crippen LogP contribution in [0.5, 0.6) is 0 Å². The molecule has 120 valence electrons. The first kappa shape index (κ1) is 15.6. The molecule has 0 radical (unpaired) electrons. The highest BCUT2D eigenvalue weighted by atomic mass is 32.1. The van der Waals surface area contributed by atoms with Crippen LogP contribution in [0.4, 0.5) is 9.52 Å². The molecule has 1 fully saturated rings. The van der Waals surface area contributed by atoms with E-state index >= 15 is 0 Å². The topological polar surface area (TPSA) is 71.1 Å². The molecule has 0 aliphatic heterocycles. The SMILES string of the molecule is O=C(Cc1csc(NC(=O)C2CC2)n1)NCc1ccc(F)cc1. The van der Waals surface area contributed by atoms with Gasteiger partial charge in [0.05, 0.1) is 12.1 Å². The van der Waals surface area contributed by atoms with Gasteiger partial charge in [-0.25, -0.2) is 9.37 Å². The normalized spacial score (nSPS) is 13.6. The molecule has 5 nitrogen and oxygen atoms in total. The predicted octanol–water partition coefficient (Wildman–Crippen LogP) is 2.49. The van der Waals surface area contributed by atoms with E-state index in [2.05, 4.69) is 15.6 Å². The molecule has 7 heteroatoms. The molecule has 2 N–H and O–H groups in total. The number of amides is 2. The van der Waals surface area contributed by atoms with Gasteiger partial charge < -0.3 is 10.6 Å². The molecule has 0 saturated heterocycles. The van der Waals surface area contributed by atoms with Crippen LogP contribution in [-0.2, 0) is 22.6 Å². The van der Waals surface area contributed by atoms with Gasteiger partial charge >= 0.3 is 0 Å².